The quantitative estimate of drug-likeness (QED) is 0.487. The average molecular weight is 425 g/mol. The van der Waals surface area contributed by atoms with Crippen LogP contribution in [-0.2, 0) is 17.7 Å². The summed E-state index contributed by atoms with van der Waals surface area (Å²) in [4.78, 5) is 12.8. The van der Waals surface area contributed by atoms with Crippen LogP contribution in [0.25, 0.3) is 11.1 Å². The molecule has 1 amide bonds. The predicted octanol–water partition coefficient (Wildman–Crippen LogP) is 3.82. The van der Waals surface area contributed by atoms with Crippen molar-refractivity contribution in [1.82, 2.24) is 25.5 Å². The molecule has 1 heterocycles. The minimum Gasteiger partial charge on any atom is -0.449 e. The van der Waals surface area contributed by atoms with Crippen molar-refractivity contribution < 1.29 is 9.53 Å². The zero-order valence-corrected chi connectivity index (χ0v) is 17.5. The van der Waals surface area contributed by atoms with Gasteiger partial charge in [-0.15, -0.1) is 5.10 Å². The fourth-order valence-corrected chi connectivity index (χ4v) is 4.36. The molecular weight excluding hydrogens is 402 g/mol. The molecule has 1 atom stereocenters. The van der Waals surface area contributed by atoms with Crippen LogP contribution < -0.4 is 5.32 Å². The third-order valence-corrected chi connectivity index (χ3v) is 5.79. The van der Waals surface area contributed by atoms with E-state index in [1.54, 1.807) is 4.68 Å². The van der Waals surface area contributed by atoms with Crippen LogP contribution in [0.15, 0.2) is 85.2 Å². The summed E-state index contributed by atoms with van der Waals surface area (Å²) >= 11 is 0. The summed E-state index contributed by atoms with van der Waals surface area (Å²) in [6.45, 7) is 0.731. The first-order chi connectivity index (χ1) is 15.8. The number of alkyl carbamates (subject to hydrolysis) is 1. The van der Waals surface area contributed by atoms with Crippen LogP contribution in [0.3, 0.4) is 0 Å². The number of fused-ring (bicyclic) bond motifs is 3. The lowest BCUT2D eigenvalue weighted by Crippen LogP contribution is -2.40. The van der Waals surface area contributed by atoms with E-state index in [1.807, 2.05) is 54.6 Å². The van der Waals surface area contributed by atoms with Crippen LogP contribution in [-0.4, -0.2) is 38.9 Å². The summed E-state index contributed by atoms with van der Waals surface area (Å²) in [6.07, 6.45) is 1.74. The van der Waals surface area contributed by atoms with Crippen LogP contribution >= 0.6 is 0 Å². The normalized spacial score (nSPS) is 13.2. The van der Waals surface area contributed by atoms with Crippen molar-refractivity contribution in [3.05, 3.63) is 102 Å². The minimum absolute atomic E-state index is 0.0280. The first kappa shape index (κ1) is 19.9. The molecule has 0 radical (unpaired) electrons. The number of hydrogen-bond donors (Lipinski definition) is 1. The molecule has 7 nitrogen and oxygen atoms in total. The fourth-order valence-electron chi connectivity index (χ4n) is 4.36. The largest absolute Gasteiger partial charge is 0.449 e. The van der Waals surface area contributed by atoms with Gasteiger partial charge in [-0.2, -0.15) is 0 Å². The molecule has 0 saturated carbocycles. The number of benzene rings is 3. The van der Waals surface area contributed by atoms with E-state index >= 15 is 0 Å². The van der Waals surface area contributed by atoms with Gasteiger partial charge in [0.05, 0.1) is 12.6 Å². The number of ether oxygens (including phenoxy) is 1. The van der Waals surface area contributed by atoms with Crippen molar-refractivity contribution in [2.24, 2.45) is 0 Å². The van der Waals surface area contributed by atoms with Crippen molar-refractivity contribution >= 4 is 6.09 Å². The Morgan fingerprint density at radius 3 is 2.25 bits per heavy atom. The monoisotopic (exact) mass is 425 g/mol. The molecule has 0 bridgehead atoms. The molecular formula is C25H23N5O2. The van der Waals surface area contributed by atoms with E-state index in [4.69, 9.17) is 4.74 Å². The van der Waals surface area contributed by atoms with Gasteiger partial charge < -0.3 is 10.1 Å². The van der Waals surface area contributed by atoms with Crippen LogP contribution in [0.5, 0.6) is 0 Å². The van der Waals surface area contributed by atoms with Gasteiger partial charge in [-0.05, 0) is 44.7 Å². The molecule has 0 fully saturated rings. The van der Waals surface area contributed by atoms with Crippen LogP contribution in [0.1, 0.15) is 22.6 Å². The zero-order valence-electron chi connectivity index (χ0n) is 17.5. The predicted molar refractivity (Wildman–Crippen MR) is 120 cm³/mol. The van der Waals surface area contributed by atoms with Crippen LogP contribution in [0.4, 0.5) is 4.79 Å². The Kier molecular flexibility index (Phi) is 5.61. The second kappa shape index (κ2) is 9.01. The van der Waals surface area contributed by atoms with Crippen molar-refractivity contribution in [2.75, 3.05) is 6.61 Å². The molecule has 7 heteroatoms. The second-order valence-corrected chi connectivity index (χ2v) is 7.89. The third-order valence-electron chi connectivity index (χ3n) is 5.79. The summed E-state index contributed by atoms with van der Waals surface area (Å²) in [5, 5.41) is 14.3. The number of nitrogens with one attached hydrogen (secondary N) is 1. The molecule has 1 aliphatic carbocycles. The lowest BCUT2D eigenvalue weighted by Gasteiger charge is -2.20. The molecule has 1 N–H and O–H groups in total. The Labute approximate surface area is 186 Å². The molecule has 1 aromatic heterocycles. The molecule has 0 aliphatic heterocycles. The highest BCUT2D eigenvalue weighted by molar-refractivity contribution is 5.79. The molecule has 0 saturated heterocycles. The van der Waals surface area contributed by atoms with Gasteiger partial charge in [0.2, 0.25) is 0 Å². The van der Waals surface area contributed by atoms with Crippen molar-refractivity contribution in [3.63, 3.8) is 0 Å². The summed E-state index contributed by atoms with van der Waals surface area (Å²) in [5.41, 5.74) is 5.91. The van der Waals surface area contributed by atoms with Gasteiger partial charge in [-0.3, -0.25) is 0 Å². The molecule has 32 heavy (non-hydrogen) atoms. The maximum atomic E-state index is 12.8. The third kappa shape index (κ3) is 4.23. The molecule has 5 rings (SSSR count). The summed E-state index contributed by atoms with van der Waals surface area (Å²) in [6, 6.07) is 26.4. The zero-order chi connectivity index (χ0) is 21.8. The van der Waals surface area contributed by atoms with E-state index in [-0.39, 0.29) is 18.6 Å². The van der Waals surface area contributed by atoms with E-state index in [0.29, 0.717) is 13.0 Å². The topological polar surface area (TPSA) is 81.9 Å². The number of aromatic nitrogens is 4. The number of amides is 1. The average Bonchev–Trinajstić information content (AvgIpc) is 3.44. The van der Waals surface area contributed by atoms with Gasteiger partial charge >= 0.3 is 6.09 Å². The van der Waals surface area contributed by atoms with E-state index < -0.39 is 6.09 Å². The van der Waals surface area contributed by atoms with Gasteiger partial charge in [0.1, 0.15) is 12.9 Å². The summed E-state index contributed by atoms with van der Waals surface area (Å²) in [7, 11) is 0. The summed E-state index contributed by atoms with van der Waals surface area (Å²) < 4.78 is 7.32. The van der Waals surface area contributed by atoms with Crippen LogP contribution in [0.2, 0.25) is 0 Å². The van der Waals surface area contributed by atoms with Gasteiger partial charge in [0.15, 0.2) is 0 Å². The Morgan fingerprint density at radius 2 is 1.59 bits per heavy atom. The fraction of sp³-hybridized carbons (Fsp3) is 0.200. The number of tetrazole rings is 1. The molecule has 3 aromatic carbocycles. The Hall–Kier alpha value is -4.00. The number of hydrogen-bond acceptors (Lipinski definition) is 5. The smallest absolute Gasteiger partial charge is 0.407 e. The molecule has 4 aromatic rings. The molecule has 160 valence electrons. The highest BCUT2D eigenvalue weighted by atomic mass is 16.5. The number of carbonyl (C=O) groups excluding carboxylic acids is 1. The highest BCUT2D eigenvalue weighted by Gasteiger charge is 2.29. The Morgan fingerprint density at radius 1 is 0.938 bits per heavy atom. The first-order valence-electron chi connectivity index (χ1n) is 10.6. The van der Waals surface area contributed by atoms with Crippen molar-refractivity contribution in [3.8, 4) is 11.1 Å². The molecule has 1 aliphatic rings. The van der Waals surface area contributed by atoms with E-state index in [1.165, 1.54) is 28.6 Å². The summed E-state index contributed by atoms with van der Waals surface area (Å²) in [5.74, 6) is 0.0280. The van der Waals surface area contributed by atoms with Gasteiger partial charge in [0, 0.05) is 5.92 Å². The lowest BCUT2D eigenvalue weighted by molar-refractivity contribution is 0.137. The Balaban J connectivity index is 1.27. The van der Waals surface area contributed by atoms with Crippen LogP contribution in [0, 0.1) is 0 Å². The second-order valence-electron chi connectivity index (χ2n) is 7.89. The maximum absolute atomic E-state index is 12.8. The number of rotatable bonds is 7. The van der Waals surface area contributed by atoms with Gasteiger partial charge in [0.25, 0.3) is 0 Å². The van der Waals surface area contributed by atoms with Gasteiger partial charge in [-0.1, -0.05) is 78.9 Å². The first-order valence-corrected chi connectivity index (χ1v) is 10.6. The van der Waals surface area contributed by atoms with E-state index in [0.717, 1.165) is 5.56 Å². The minimum atomic E-state index is -0.444. The highest BCUT2D eigenvalue weighted by Crippen LogP contribution is 2.44. The van der Waals surface area contributed by atoms with E-state index in [2.05, 4.69) is 45.1 Å². The molecule has 0 spiro atoms. The van der Waals surface area contributed by atoms with Gasteiger partial charge in [-0.25, -0.2) is 9.48 Å². The number of carbonyl (C=O) groups is 1. The SMILES string of the molecule is O=C(N[C@@H](Cc1ccccc1)Cn1cnnn1)OCC1c2ccccc2-c2ccccc21. The van der Waals surface area contributed by atoms with Crippen molar-refractivity contribution in [2.45, 2.75) is 24.9 Å². The maximum Gasteiger partial charge on any atom is 0.407 e. The molecule has 0 unspecified atom stereocenters. The number of nitrogens with zero attached hydrogens (tertiary/aromatic N) is 4. The Bertz CT molecular complexity index is 1150. The lowest BCUT2D eigenvalue weighted by atomic mass is 9.98. The van der Waals surface area contributed by atoms with Crippen molar-refractivity contribution in [1.29, 1.82) is 0 Å². The standard InChI is InChI=1S/C25H23N5O2/c31-25(27-19(15-30-17-26-28-29-30)14-18-8-2-1-3-9-18)32-16-24-22-12-6-4-10-20(22)21-11-5-7-13-23(21)24/h1-13,17,19,24H,14-16H2,(H,27,31)/t19-/m0/s1. The van der Waals surface area contributed by atoms with E-state index in [9.17, 15) is 4.79 Å².